The van der Waals surface area contributed by atoms with Gasteiger partial charge in [-0.1, -0.05) is 18.2 Å². The number of rotatable bonds is 1. The van der Waals surface area contributed by atoms with Gasteiger partial charge in [-0.2, -0.15) is 0 Å². The van der Waals surface area contributed by atoms with Gasteiger partial charge in [-0.3, -0.25) is 4.79 Å². The van der Waals surface area contributed by atoms with Crippen molar-refractivity contribution in [3.63, 3.8) is 0 Å². The molecule has 3 rings (SSSR count). The van der Waals surface area contributed by atoms with Crippen LogP contribution in [-0.4, -0.2) is 17.1 Å². The minimum absolute atomic E-state index is 0.0336. The Morgan fingerprint density at radius 3 is 2.62 bits per heavy atom. The Morgan fingerprint density at radius 2 is 1.95 bits per heavy atom. The Kier molecular flexibility index (Phi) is 4.29. The van der Waals surface area contributed by atoms with E-state index in [-0.39, 0.29) is 23.6 Å². The summed E-state index contributed by atoms with van der Waals surface area (Å²) in [6.07, 6.45) is 8.00. The number of nitrogens with one attached hydrogen (secondary N) is 1. The van der Waals surface area contributed by atoms with E-state index in [0.717, 1.165) is 14.7 Å². The first-order valence-corrected chi connectivity index (χ1v) is 8.88. The number of phenolic OH excluding ortho intramolecular Hbond substituents is 1. The van der Waals surface area contributed by atoms with Crippen molar-refractivity contribution in [3.05, 3.63) is 54.0 Å². The first-order chi connectivity index (χ1) is 9.95. The molecule has 3 nitrogen and oxygen atoms in total. The molecule has 0 spiro atoms. The maximum atomic E-state index is 12.2. The highest BCUT2D eigenvalue weighted by Crippen LogP contribution is 2.36. The largest absolute Gasteiger partial charge is 0.506 e. The van der Waals surface area contributed by atoms with E-state index in [1.165, 1.54) is 0 Å². The van der Waals surface area contributed by atoms with Crippen molar-refractivity contribution in [2.24, 2.45) is 5.92 Å². The fourth-order valence-electron chi connectivity index (χ4n) is 2.46. The van der Waals surface area contributed by atoms with E-state index in [2.05, 4.69) is 65.8 Å². The molecule has 1 heterocycles. The lowest BCUT2D eigenvalue weighted by atomic mass is 9.91. The molecule has 1 fully saturated rings. The number of carbonyl (C=O) groups excluding carboxylic acids is 1. The van der Waals surface area contributed by atoms with Gasteiger partial charge < -0.3 is 10.4 Å². The van der Waals surface area contributed by atoms with Crippen molar-refractivity contribution in [1.29, 1.82) is 0 Å². The maximum Gasteiger partial charge on any atom is 0.248 e. The zero-order valence-corrected chi connectivity index (χ0v) is 15.9. The van der Waals surface area contributed by atoms with E-state index >= 15 is 0 Å². The molecule has 1 aromatic rings. The fourth-order valence-corrected chi connectivity index (χ4v) is 4.28. The number of hydrogen-bond acceptors (Lipinski definition) is 2. The van der Waals surface area contributed by atoms with Gasteiger partial charge in [0.25, 0.3) is 0 Å². The summed E-state index contributed by atoms with van der Waals surface area (Å²) < 4.78 is 2.31. The Hall–Kier alpha value is -0.600. The van der Waals surface area contributed by atoms with Crippen molar-refractivity contribution in [2.75, 3.05) is 0 Å². The van der Waals surface area contributed by atoms with Crippen LogP contribution in [0.4, 0.5) is 0 Å². The molecule has 0 bridgehead atoms. The van der Waals surface area contributed by atoms with E-state index in [9.17, 15) is 9.90 Å². The highest BCUT2D eigenvalue weighted by atomic mass is 127. The lowest BCUT2D eigenvalue weighted by Crippen LogP contribution is -2.27. The zero-order chi connectivity index (χ0) is 15.1. The summed E-state index contributed by atoms with van der Waals surface area (Å²) >= 11 is 8.87. The van der Waals surface area contributed by atoms with Crippen molar-refractivity contribution in [1.82, 2.24) is 5.32 Å². The number of amides is 1. The number of aromatic hydroxyl groups is 1. The summed E-state index contributed by atoms with van der Waals surface area (Å²) in [7, 11) is 0. The quantitative estimate of drug-likeness (QED) is 0.427. The van der Waals surface area contributed by atoms with Crippen LogP contribution in [-0.2, 0) is 4.79 Å². The summed E-state index contributed by atoms with van der Waals surface area (Å²) in [6.45, 7) is 0. The zero-order valence-electron chi connectivity index (χ0n) is 10.6. The van der Waals surface area contributed by atoms with Crippen LogP contribution < -0.4 is 5.32 Å². The molecule has 1 aromatic carbocycles. The van der Waals surface area contributed by atoms with Gasteiger partial charge in [0, 0.05) is 15.1 Å². The molecule has 1 amide bonds. The third kappa shape index (κ3) is 2.98. The van der Waals surface area contributed by atoms with E-state index in [0.29, 0.717) is 8.95 Å². The molecule has 0 saturated carbocycles. The van der Waals surface area contributed by atoms with E-state index < -0.39 is 0 Å². The molecule has 2 unspecified atom stereocenters. The summed E-state index contributed by atoms with van der Waals surface area (Å²) in [5.41, 5.74) is 1.60. The maximum absolute atomic E-state index is 12.2. The Bertz CT molecular complexity index is 701. The summed E-state index contributed by atoms with van der Waals surface area (Å²) in [5, 5.41) is 12.7. The first kappa shape index (κ1) is 15.3. The summed E-state index contributed by atoms with van der Waals surface area (Å²) in [4.78, 5) is 12.2. The molecule has 0 aromatic heterocycles. The molecule has 6 heteroatoms. The number of allylic oxidation sites excluding steroid dienone is 2. The van der Waals surface area contributed by atoms with Crippen molar-refractivity contribution in [3.8, 4) is 5.75 Å². The third-order valence-electron chi connectivity index (χ3n) is 3.47. The number of phenols is 1. The number of hydrogen-bond donors (Lipinski definition) is 2. The van der Waals surface area contributed by atoms with Crippen LogP contribution in [0.3, 0.4) is 0 Å². The van der Waals surface area contributed by atoms with Gasteiger partial charge in [-0.15, -0.1) is 0 Å². The lowest BCUT2D eigenvalue weighted by molar-refractivity contribution is -0.116. The topological polar surface area (TPSA) is 49.3 Å². The van der Waals surface area contributed by atoms with Gasteiger partial charge in [-0.05, 0) is 78.2 Å². The van der Waals surface area contributed by atoms with Crippen molar-refractivity contribution in [2.45, 2.75) is 6.04 Å². The van der Waals surface area contributed by atoms with Gasteiger partial charge >= 0.3 is 0 Å². The van der Waals surface area contributed by atoms with Crippen LogP contribution in [0.1, 0.15) is 5.56 Å². The molecule has 2 atom stereocenters. The number of carbonyl (C=O) groups is 1. The summed E-state index contributed by atoms with van der Waals surface area (Å²) in [5.74, 6) is 0.166. The smallest absolute Gasteiger partial charge is 0.248 e. The molecular weight excluding hydrogens is 513 g/mol. The number of fused-ring (bicyclic) bond motifs is 1. The molecule has 108 valence electrons. The van der Waals surface area contributed by atoms with E-state index in [1.807, 2.05) is 18.2 Å². The fraction of sp³-hybridized carbons (Fsp3) is 0.133. The normalized spacial score (nSPS) is 25.8. The second-order valence-corrected chi connectivity index (χ2v) is 7.82. The highest BCUT2D eigenvalue weighted by Gasteiger charge is 2.35. The SMILES string of the molecule is O=C1NC2C=CC(I)=CC2C1=Cc1cc(Br)c(O)c(Br)c1. The van der Waals surface area contributed by atoms with Crippen LogP contribution in [0.5, 0.6) is 5.75 Å². The average Bonchev–Trinajstić information content (AvgIpc) is 2.72. The van der Waals surface area contributed by atoms with Gasteiger partial charge in [0.2, 0.25) is 5.91 Å². The van der Waals surface area contributed by atoms with Gasteiger partial charge in [0.1, 0.15) is 5.75 Å². The third-order valence-corrected chi connectivity index (χ3v) is 5.40. The Labute approximate surface area is 152 Å². The van der Waals surface area contributed by atoms with Crippen LogP contribution in [0, 0.1) is 5.92 Å². The Morgan fingerprint density at radius 1 is 1.29 bits per heavy atom. The minimum Gasteiger partial charge on any atom is -0.506 e. The molecular formula is C15H10Br2INO2. The van der Waals surface area contributed by atoms with Gasteiger partial charge in [0.05, 0.1) is 15.0 Å². The summed E-state index contributed by atoms with van der Waals surface area (Å²) in [6, 6.07) is 3.62. The van der Waals surface area contributed by atoms with Crippen LogP contribution >= 0.6 is 54.5 Å². The molecule has 1 aliphatic heterocycles. The number of halogens is 3. The van der Waals surface area contributed by atoms with Crippen LogP contribution in [0.25, 0.3) is 6.08 Å². The van der Waals surface area contributed by atoms with Crippen LogP contribution in [0.2, 0.25) is 0 Å². The van der Waals surface area contributed by atoms with E-state index in [1.54, 1.807) is 12.1 Å². The minimum atomic E-state index is -0.0441. The van der Waals surface area contributed by atoms with Gasteiger partial charge in [0.15, 0.2) is 0 Å². The molecule has 1 aliphatic carbocycles. The lowest BCUT2D eigenvalue weighted by Gasteiger charge is -2.16. The average molecular weight is 523 g/mol. The molecule has 2 aliphatic rings. The highest BCUT2D eigenvalue weighted by molar-refractivity contribution is 14.1. The van der Waals surface area contributed by atoms with Crippen molar-refractivity contribution < 1.29 is 9.90 Å². The molecule has 2 N–H and O–H groups in total. The molecule has 1 saturated heterocycles. The van der Waals surface area contributed by atoms with Gasteiger partial charge in [-0.25, -0.2) is 0 Å². The second kappa shape index (κ2) is 5.89. The molecule has 0 radical (unpaired) electrons. The monoisotopic (exact) mass is 521 g/mol. The van der Waals surface area contributed by atoms with Crippen LogP contribution in [0.15, 0.2) is 48.5 Å². The molecule has 21 heavy (non-hydrogen) atoms. The van der Waals surface area contributed by atoms with Crippen molar-refractivity contribution >= 4 is 66.4 Å². The number of benzene rings is 1. The standard InChI is InChI=1S/C15H10Br2INO2/c16-11-4-7(5-12(17)14(11)20)3-10-9-6-8(18)1-2-13(9)19-15(10)21/h1-6,9,13,20H,(H,19,21). The van der Waals surface area contributed by atoms with E-state index in [4.69, 9.17) is 0 Å². The predicted molar refractivity (Wildman–Crippen MR) is 98.1 cm³/mol. The second-order valence-electron chi connectivity index (χ2n) is 4.87. The first-order valence-electron chi connectivity index (χ1n) is 6.21. The Balaban J connectivity index is 2.03. The predicted octanol–water partition coefficient (Wildman–Crippen LogP) is 4.30.